The van der Waals surface area contributed by atoms with Crippen molar-refractivity contribution in [1.29, 1.82) is 0 Å². The van der Waals surface area contributed by atoms with Crippen LogP contribution < -0.4 is 37.5 Å². The molecule has 274 valence electrons. The molecule has 1 aromatic heterocycles. The van der Waals surface area contributed by atoms with Crippen LogP contribution in [-0.4, -0.2) is 87.5 Å². The van der Waals surface area contributed by atoms with E-state index in [-0.39, 0.29) is 37.0 Å². The lowest BCUT2D eigenvalue weighted by molar-refractivity contribution is -0.127. The summed E-state index contributed by atoms with van der Waals surface area (Å²) in [5, 5.41) is 59.3. The van der Waals surface area contributed by atoms with Crippen LogP contribution in [0.1, 0.15) is 52.2 Å². The first kappa shape index (κ1) is 39.9. The average molecular weight is 699 g/mol. The Balaban J connectivity index is 1.54. The van der Waals surface area contributed by atoms with E-state index in [4.69, 9.17) is 4.42 Å². The highest BCUT2D eigenvalue weighted by Gasteiger charge is 2.31. The van der Waals surface area contributed by atoms with Crippen LogP contribution in [0.25, 0.3) is 11.0 Å². The summed E-state index contributed by atoms with van der Waals surface area (Å²) in [7, 11) is 0. The molecule has 3 rings (SSSR count). The molecule has 7 atom stereocenters. The SMILES string of the molecule is CCC(NC(O)C(C)NC(=O)C(NC(O)C(Cc1ccc(O)cc1)NC(C)=O)C(C)C)C(=O)NCC(O)Nc1ccc2c(C)cc(=O)oc2c1. The minimum Gasteiger partial charge on any atom is -0.508 e. The van der Waals surface area contributed by atoms with Crippen molar-refractivity contribution < 1.29 is 39.2 Å². The normalized spacial score (nSPS) is 15.7. The average Bonchev–Trinajstić information content (AvgIpc) is 3.04. The molecule has 1 heterocycles. The van der Waals surface area contributed by atoms with Crippen molar-refractivity contribution in [2.24, 2.45) is 5.92 Å². The number of aliphatic hydroxyl groups is 3. The molecule has 3 amide bonds. The van der Waals surface area contributed by atoms with Crippen LogP contribution in [0.3, 0.4) is 0 Å². The number of carbonyl (C=O) groups is 3. The van der Waals surface area contributed by atoms with Crippen LogP contribution in [0, 0.1) is 12.8 Å². The van der Waals surface area contributed by atoms with Crippen LogP contribution >= 0.6 is 0 Å². The van der Waals surface area contributed by atoms with Gasteiger partial charge >= 0.3 is 5.63 Å². The number of phenolic OH excluding ortho intramolecular Hbond substituents is 1. The number of aromatic hydroxyl groups is 1. The van der Waals surface area contributed by atoms with Crippen molar-refractivity contribution in [3.8, 4) is 5.75 Å². The van der Waals surface area contributed by atoms with Gasteiger partial charge in [-0.15, -0.1) is 0 Å². The minimum absolute atomic E-state index is 0.0787. The molecule has 7 unspecified atom stereocenters. The second kappa shape index (κ2) is 18.5. The highest BCUT2D eigenvalue weighted by molar-refractivity contribution is 5.84. The molecule has 15 heteroatoms. The molecule has 0 bridgehead atoms. The Morgan fingerprint density at radius 1 is 0.880 bits per heavy atom. The Hall–Kier alpha value is -4.54. The standard InChI is InChI=1S/C35H50N6O9/c1-7-26(33(47)36-17-29(44)39-23-10-13-25-19(4)14-30(45)50-28(25)16-23)40-32(46)20(5)37-35(49)31(18(2)3)41-34(48)27(38-21(6)42)15-22-8-11-24(43)12-9-22/h8-14,16,18,20,26-27,29,31-32,34,39-41,43-44,46,48H,7,15,17H2,1-6H3,(H,36,47)(H,37,49)(H,38,42). The van der Waals surface area contributed by atoms with Crippen LogP contribution in [-0.2, 0) is 20.8 Å². The van der Waals surface area contributed by atoms with E-state index in [1.54, 1.807) is 65.0 Å². The van der Waals surface area contributed by atoms with E-state index in [2.05, 4.69) is 31.9 Å². The number of hydrogen-bond acceptors (Lipinski definition) is 12. The van der Waals surface area contributed by atoms with E-state index in [1.807, 2.05) is 0 Å². The van der Waals surface area contributed by atoms with Crippen LogP contribution in [0.4, 0.5) is 5.69 Å². The first-order valence-electron chi connectivity index (χ1n) is 16.6. The largest absolute Gasteiger partial charge is 0.508 e. The van der Waals surface area contributed by atoms with Gasteiger partial charge in [-0.05, 0) is 68.0 Å². The third-order valence-electron chi connectivity index (χ3n) is 8.16. The van der Waals surface area contributed by atoms with E-state index in [1.165, 1.54) is 25.1 Å². The second-order valence-corrected chi connectivity index (χ2v) is 12.7. The van der Waals surface area contributed by atoms with E-state index in [0.29, 0.717) is 11.3 Å². The molecule has 0 spiro atoms. The van der Waals surface area contributed by atoms with Gasteiger partial charge < -0.3 is 46.1 Å². The van der Waals surface area contributed by atoms with Crippen molar-refractivity contribution in [1.82, 2.24) is 26.6 Å². The first-order valence-corrected chi connectivity index (χ1v) is 16.6. The lowest BCUT2D eigenvalue weighted by atomic mass is 10.00. The molecule has 3 aromatic rings. The fraction of sp³-hybridized carbons (Fsp3) is 0.486. The van der Waals surface area contributed by atoms with E-state index in [0.717, 1.165) is 16.5 Å². The number of aryl methyl sites for hydroxylation is 1. The predicted molar refractivity (Wildman–Crippen MR) is 188 cm³/mol. The highest BCUT2D eigenvalue weighted by atomic mass is 16.4. The van der Waals surface area contributed by atoms with E-state index >= 15 is 0 Å². The molecule has 50 heavy (non-hydrogen) atoms. The van der Waals surface area contributed by atoms with Gasteiger partial charge in [-0.3, -0.25) is 25.0 Å². The number of hydrogen-bond donors (Lipinski definition) is 10. The molecule has 0 fully saturated rings. The maximum atomic E-state index is 13.3. The lowest BCUT2D eigenvalue weighted by Crippen LogP contribution is -2.61. The molecule has 0 aliphatic heterocycles. The number of aliphatic hydroxyl groups excluding tert-OH is 3. The maximum Gasteiger partial charge on any atom is 0.336 e. The number of fused-ring (bicyclic) bond motifs is 1. The fourth-order valence-corrected chi connectivity index (χ4v) is 5.36. The Morgan fingerprint density at radius 2 is 1.56 bits per heavy atom. The van der Waals surface area contributed by atoms with Crippen molar-refractivity contribution in [2.75, 3.05) is 11.9 Å². The van der Waals surface area contributed by atoms with Crippen LogP contribution in [0.15, 0.2) is 57.7 Å². The van der Waals surface area contributed by atoms with Crippen molar-refractivity contribution in [3.05, 3.63) is 70.1 Å². The number of amides is 3. The molecule has 0 aliphatic carbocycles. The summed E-state index contributed by atoms with van der Waals surface area (Å²) in [5.41, 5.74) is 1.85. The molecule has 10 N–H and O–H groups in total. The maximum absolute atomic E-state index is 13.3. The highest BCUT2D eigenvalue weighted by Crippen LogP contribution is 2.21. The van der Waals surface area contributed by atoms with E-state index < -0.39 is 60.3 Å². The van der Waals surface area contributed by atoms with Gasteiger partial charge in [-0.1, -0.05) is 32.9 Å². The lowest BCUT2D eigenvalue weighted by Gasteiger charge is -2.32. The van der Waals surface area contributed by atoms with Gasteiger partial charge in [0, 0.05) is 30.1 Å². The number of phenols is 1. The summed E-state index contributed by atoms with van der Waals surface area (Å²) in [6.07, 6.45) is -3.35. The van der Waals surface area contributed by atoms with Gasteiger partial charge in [0.15, 0.2) is 0 Å². The van der Waals surface area contributed by atoms with Crippen LogP contribution in [0.2, 0.25) is 0 Å². The number of benzene rings is 2. The molecule has 0 saturated heterocycles. The first-order chi connectivity index (χ1) is 23.6. The number of carbonyl (C=O) groups excluding carboxylic acids is 3. The van der Waals surface area contributed by atoms with Crippen molar-refractivity contribution in [2.45, 2.75) is 97.2 Å². The summed E-state index contributed by atoms with van der Waals surface area (Å²) in [6.45, 7) is 9.77. The predicted octanol–water partition coefficient (Wildman–Crippen LogP) is 0.525. The zero-order valence-corrected chi connectivity index (χ0v) is 29.2. The van der Waals surface area contributed by atoms with Crippen molar-refractivity contribution in [3.63, 3.8) is 0 Å². The minimum atomic E-state index is -1.34. The third kappa shape index (κ3) is 11.8. The smallest absolute Gasteiger partial charge is 0.336 e. The number of anilines is 1. The van der Waals surface area contributed by atoms with Gasteiger partial charge in [0.25, 0.3) is 0 Å². The summed E-state index contributed by atoms with van der Waals surface area (Å²) >= 11 is 0. The molecule has 15 nitrogen and oxygen atoms in total. The number of rotatable bonds is 18. The number of nitrogens with one attached hydrogen (secondary N) is 6. The quantitative estimate of drug-likeness (QED) is 0.0647. The van der Waals surface area contributed by atoms with Gasteiger partial charge in [0.1, 0.15) is 30.0 Å². The van der Waals surface area contributed by atoms with Gasteiger partial charge in [0.05, 0.1) is 30.7 Å². The topological polar surface area (TPSA) is 235 Å². The second-order valence-electron chi connectivity index (χ2n) is 12.7. The molecule has 2 aromatic carbocycles. The Morgan fingerprint density at radius 3 is 2.18 bits per heavy atom. The van der Waals surface area contributed by atoms with Gasteiger partial charge in [0.2, 0.25) is 17.7 Å². The molecule has 0 aliphatic rings. The van der Waals surface area contributed by atoms with Gasteiger partial charge in [-0.25, -0.2) is 4.79 Å². The Kier molecular flexibility index (Phi) is 14.7. The zero-order chi connectivity index (χ0) is 37.1. The van der Waals surface area contributed by atoms with E-state index in [9.17, 15) is 39.6 Å². The van der Waals surface area contributed by atoms with Gasteiger partial charge in [-0.2, -0.15) is 0 Å². The summed E-state index contributed by atoms with van der Waals surface area (Å²) in [5.74, 6) is -1.61. The Labute approximate surface area is 290 Å². The monoisotopic (exact) mass is 698 g/mol. The summed E-state index contributed by atoms with van der Waals surface area (Å²) in [4.78, 5) is 49.9. The fourth-order valence-electron chi connectivity index (χ4n) is 5.36. The third-order valence-corrected chi connectivity index (χ3v) is 8.16. The summed E-state index contributed by atoms with van der Waals surface area (Å²) < 4.78 is 5.24. The zero-order valence-electron chi connectivity index (χ0n) is 29.2. The Bertz CT molecular complexity index is 1650. The molecule has 0 saturated carbocycles. The summed E-state index contributed by atoms with van der Waals surface area (Å²) in [6, 6.07) is 9.31. The molecular formula is C35H50N6O9. The molecule has 0 radical (unpaired) electrons. The molecular weight excluding hydrogens is 648 g/mol. The van der Waals surface area contributed by atoms with Crippen molar-refractivity contribution >= 4 is 34.4 Å². The van der Waals surface area contributed by atoms with Crippen LogP contribution in [0.5, 0.6) is 5.75 Å².